The van der Waals surface area contributed by atoms with E-state index in [-0.39, 0.29) is 0 Å². The molecule has 4 aromatic carbocycles. The molecule has 4 aromatic rings. The molecule has 3 saturated carbocycles. The Hall–Kier alpha value is -4.84. The van der Waals surface area contributed by atoms with Crippen LogP contribution in [0.25, 0.3) is 16.7 Å². The number of rotatable bonds is 14. The van der Waals surface area contributed by atoms with Gasteiger partial charge in [0.25, 0.3) is 0 Å². The zero-order valence-electron chi connectivity index (χ0n) is 33.7. The zero-order valence-corrected chi connectivity index (χ0v) is 33.7. The van der Waals surface area contributed by atoms with E-state index in [1.165, 1.54) is 94.3 Å². The van der Waals surface area contributed by atoms with Crippen molar-refractivity contribution < 1.29 is 18.9 Å². The van der Waals surface area contributed by atoms with Gasteiger partial charge in [-0.25, -0.2) is 0 Å². The summed E-state index contributed by atoms with van der Waals surface area (Å²) >= 11 is 0. The van der Waals surface area contributed by atoms with Crippen LogP contribution in [0.3, 0.4) is 0 Å². The molecule has 0 N–H and O–H groups in total. The molecule has 0 bridgehead atoms. The average molecular weight is 739 g/mol. The van der Waals surface area contributed by atoms with Crippen LogP contribution in [-0.2, 0) is 6.54 Å². The van der Waals surface area contributed by atoms with Crippen molar-refractivity contribution in [2.45, 2.75) is 89.1 Å². The fourth-order valence-corrected chi connectivity index (χ4v) is 9.31. The normalized spacial score (nSPS) is 19.7. The minimum atomic E-state index is 0.429. The third kappa shape index (κ3) is 8.10. The van der Waals surface area contributed by atoms with Crippen molar-refractivity contribution in [1.82, 2.24) is 4.90 Å². The number of methoxy groups -OCH3 is 4. The molecule has 0 aromatic heterocycles. The molecule has 0 atom stereocenters. The zero-order chi connectivity index (χ0) is 38.1. The molecule has 288 valence electrons. The Bertz CT molecular complexity index is 2070. The number of ether oxygens (including phenoxy) is 4. The van der Waals surface area contributed by atoms with Gasteiger partial charge in [-0.1, -0.05) is 48.0 Å². The van der Waals surface area contributed by atoms with Gasteiger partial charge in [0, 0.05) is 37.9 Å². The Kier molecular flexibility index (Phi) is 10.9. The lowest BCUT2D eigenvalue weighted by molar-refractivity contribution is 0.305. The van der Waals surface area contributed by atoms with Crippen molar-refractivity contribution >= 4 is 11.3 Å². The molecule has 1 aliphatic heterocycles. The number of hydrogen-bond acceptors (Lipinski definition) is 6. The van der Waals surface area contributed by atoms with E-state index in [1.54, 1.807) is 28.4 Å². The summed E-state index contributed by atoms with van der Waals surface area (Å²) in [6.45, 7) is 4.03. The Morgan fingerprint density at radius 1 is 0.655 bits per heavy atom. The standard InChI is InChI=1S/C49H58N2O4/c1-32-43(36-16-17-36)25-40(27-47(32)53-4)41-24-35(29-50(2)31-41)22-33-14-20-42(21-15-33)51(45-12-7-8-13-46(45)52-3)30-34-10-9-11-38(23-34)39-26-44(37-18-19-37)49(55-6)48(28-39)54-5/h7-13,23-28,31,33,36-37,42H,14-22,29-30H2,1-6H3. The Balaban J connectivity index is 1.00. The Morgan fingerprint density at radius 2 is 1.35 bits per heavy atom. The van der Waals surface area contributed by atoms with Crippen molar-refractivity contribution in [3.8, 4) is 34.1 Å². The van der Waals surface area contributed by atoms with Gasteiger partial charge in [-0.3, -0.25) is 0 Å². The van der Waals surface area contributed by atoms with Crippen LogP contribution in [0.4, 0.5) is 5.69 Å². The second kappa shape index (κ2) is 16.1. The molecule has 0 radical (unpaired) electrons. The van der Waals surface area contributed by atoms with Gasteiger partial charge in [0.1, 0.15) is 11.5 Å². The van der Waals surface area contributed by atoms with Crippen LogP contribution in [-0.4, -0.2) is 53.0 Å². The van der Waals surface area contributed by atoms with E-state index in [4.69, 9.17) is 18.9 Å². The fourth-order valence-electron chi connectivity index (χ4n) is 9.31. The van der Waals surface area contributed by atoms with Crippen molar-refractivity contribution in [1.29, 1.82) is 0 Å². The average Bonchev–Trinajstić information content (AvgIpc) is 4.15. The van der Waals surface area contributed by atoms with E-state index in [0.717, 1.165) is 55.4 Å². The van der Waals surface area contributed by atoms with Crippen LogP contribution in [0.5, 0.6) is 23.0 Å². The minimum absolute atomic E-state index is 0.429. The van der Waals surface area contributed by atoms with Crippen LogP contribution in [0.1, 0.15) is 97.4 Å². The summed E-state index contributed by atoms with van der Waals surface area (Å²) in [4.78, 5) is 4.99. The predicted octanol–water partition coefficient (Wildman–Crippen LogP) is 11.3. The lowest BCUT2D eigenvalue weighted by Crippen LogP contribution is -2.38. The van der Waals surface area contributed by atoms with Crippen molar-refractivity contribution in [3.05, 3.63) is 118 Å². The van der Waals surface area contributed by atoms with Crippen LogP contribution in [0, 0.1) is 12.8 Å². The van der Waals surface area contributed by atoms with Crippen LogP contribution < -0.4 is 23.8 Å². The van der Waals surface area contributed by atoms with Crippen molar-refractivity contribution in [2.24, 2.45) is 5.92 Å². The molecule has 3 aliphatic carbocycles. The summed E-state index contributed by atoms with van der Waals surface area (Å²) in [6.07, 6.45) is 15.7. The molecule has 0 unspecified atom stereocenters. The molecule has 55 heavy (non-hydrogen) atoms. The van der Waals surface area contributed by atoms with Gasteiger partial charge in [0.05, 0.1) is 34.1 Å². The van der Waals surface area contributed by atoms with Gasteiger partial charge in [-0.2, -0.15) is 0 Å². The third-order valence-electron chi connectivity index (χ3n) is 12.5. The molecule has 6 heteroatoms. The highest BCUT2D eigenvalue weighted by atomic mass is 16.5. The summed E-state index contributed by atoms with van der Waals surface area (Å²) in [5.41, 5.74) is 13.0. The van der Waals surface area contributed by atoms with E-state index in [2.05, 4.69) is 109 Å². The van der Waals surface area contributed by atoms with Crippen molar-refractivity contribution in [2.75, 3.05) is 46.9 Å². The maximum Gasteiger partial charge on any atom is 0.164 e. The molecule has 0 spiro atoms. The third-order valence-corrected chi connectivity index (χ3v) is 12.5. The van der Waals surface area contributed by atoms with Gasteiger partial charge in [-0.15, -0.1) is 0 Å². The fraction of sp³-hybridized carbons (Fsp3) is 0.429. The molecule has 6 nitrogen and oxygen atoms in total. The van der Waals surface area contributed by atoms with E-state index < -0.39 is 0 Å². The van der Waals surface area contributed by atoms with Crippen LogP contribution >= 0.6 is 0 Å². The molecule has 0 amide bonds. The number of anilines is 1. The lowest BCUT2D eigenvalue weighted by Gasteiger charge is -2.39. The first-order chi connectivity index (χ1) is 26.8. The second-order valence-electron chi connectivity index (χ2n) is 16.4. The number of nitrogens with zero attached hydrogens (tertiary/aromatic N) is 2. The summed E-state index contributed by atoms with van der Waals surface area (Å²) in [5.74, 6) is 5.54. The highest BCUT2D eigenvalue weighted by molar-refractivity contribution is 5.77. The van der Waals surface area contributed by atoms with Crippen LogP contribution in [0.2, 0.25) is 0 Å². The summed E-state index contributed by atoms with van der Waals surface area (Å²) in [5, 5.41) is 0. The first kappa shape index (κ1) is 37.1. The number of likely N-dealkylation sites (N-methyl/N-ethyl adjacent to an activating group) is 1. The highest BCUT2D eigenvalue weighted by Crippen LogP contribution is 2.49. The number of hydrogen-bond donors (Lipinski definition) is 0. The first-order valence-electron chi connectivity index (χ1n) is 20.4. The highest BCUT2D eigenvalue weighted by Gasteiger charge is 2.31. The topological polar surface area (TPSA) is 43.4 Å². The van der Waals surface area contributed by atoms with Crippen molar-refractivity contribution in [3.63, 3.8) is 0 Å². The largest absolute Gasteiger partial charge is 0.496 e. The number of benzene rings is 4. The molecule has 4 aliphatic rings. The molecule has 0 saturated heterocycles. The number of allylic oxidation sites excluding steroid dienone is 2. The second-order valence-corrected chi connectivity index (χ2v) is 16.4. The molecule has 8 rings (SSSR count). The van der Waals surface area contributed by atoms with Gasteiger partial charge in [0.15, 0.2) is 11.5 Å². The minimum Gasteiger partial charge on any atom is -0.496 e. The molecule has 3 fully saturated rings. The molecule has 1 heterocycles. The van der Waals surface area contributed by atoms with E-state index in [1.807, 2.05) is 0 Å². The van der Waals surface area contributed by atoms with E-state index >= 15 is 0 Å². The smallest absolute Gasteiger partial charge is 0.164 e. The van der Waals surface area contributed by atoms with Gasteiger partial charge >= 0.3 is 0 Å². The molecular formula is C49H58N2O4. The number of para-hydroxylation sites is 2. The Morgan fingerprint density at radius 3 is 2.05 bits per heavy atom. The predicted molar refractivity (Wildman–Crippen MR) is 225 cm³/mol. The molecular weight excluding hydrogens is 681 g/mol. The van der Waals surface area contributed by atoms with E-state index in [9.17, 15) is 0 Å². The maximum atomic E-state index is 5.97. The van der Waals surface area contributed by atoms with Crippen LogP contribution in [0.15, 0.2) is 90.6 Å². The lowest BCUT2D eigenvalue weighted by atomic mass is 9.80. The van der Waals surface area contributed by atoms with Gasteiger partial charge < -0.3 is 28.7 Å². The summed E-state index contributed by atoms with van der Waals surface area (Å²) < 4.78 is 23.5. The maximum absolute atomic E-state index is 5.97. The van der Waals surface area contributed by atoms with E-state index in [0.29, 0.717) is 23.8 Å². The van der Waals surface area contributed by atoms with Gasteiger partial charge in [-0.05, 0) is 158 Å². The summed E-state index contributed by atoms with van der Waals surface area (Å²) in [6, 6.07) is 27.2. The summed E-state index contributed by atoms with van der Waals surface area (Å²) in [7, 11) is 9.30. The SMILES string of the molecule is COc1ccccc1N(Cc1cccc(-c2cc(OC)c(OC)c(C3CC3)c2)c1)C1CCC(CC2=CC(c3cc(OC)c(C)c(C4CC4)c3)=CN(C)C2)CC1. The monoisotopic (exact) mass is 738 g/mol. The first-order valence-corrected chi connectivity index (χ1v) is 20.4. The Labute approximate surface area is 328 Å². The van der Waals surface area contributed by atoms with Gasteiger partial charge in [0.2, 0.25) is 0 Å². The quantitative estimate of drug-likeness (QED) is 0.128.